The van der Waals surface area contributed by atoms with E-state index in [-0.39, 0.29) is 5.91 Å². The SMILES string of the molecule is CN(C)C(=O)c1ccc(N)c(NCc2ccoc2)c1. The van der Waals surface area contributed by atoms with Gasteiger partial charge in [-0.3, -0.25) is 4.79 Å². The van der Waals surface area contributed by atoms with E-state index in [1.54, 1.807) is 44.8 Å². The predicted octanol–water partition coefficient (Wildman–Crippen LogP) is 2.18. The highest BCUT2D eigenvalue weighted by atomic mass is 16.3. The van der Waals surface area contributed by atoms with Crippen LogP contribution in [0.25, 0.3) is 0 Å². The van der Waals surface area contributed by atoms with E-state index in [1.807, 2.05) is 6.07 Å². The van der Waals surface area contributed by atoms with Gasteiger partial charge in [0.1, 0.15) is 0 Å². The lowest BCUT2D eigenvalue weighted by molar-refractivity contribution is 0.0827. The van der Waals surface area contributed by atoms with Crippen molar-refractivity contribution < 1.29 is 9.21 Å². The number of furan rings is 1. The minimum atomic E-state index is -0.0497. The molecule has 0 aliphatic heterocycles. The molecular formula is C14H17N3O2. The smallest absolute Gasteiger partial charge is 0.253 e. The summed E-state index contributed by atoms with van der Waals surface area (Å²) in [5.41, 5.74) is 8.87. The average Bonchev–Trinajstić information content (AvgIpc) is 2.90. The summed E-state index contributed by atoms with van der Waals surface area (Å²) in [6.45, 7) is 0.598. The van der Waals surface area contributed by atoms with E-state index in [0.717, 1.165) is 11.3 Å². The molecule has 2 rings (SSSR count). The Labute approximate surface area is 112 Å². The molecule has 2 aromatic rings. The Bertz CT molecular complexity index is 562. The molecule has 0 bridgehead atoms. The predicted molar refractivity (Wildman–Crippen MR) is 74.9 cm³/mol. The topological polar surface area (TPSA) is 71.5 Å². The molecular weight excluding hydrogens is 242 g/mol. The summed E-state index contributed by atoms with van der Waals surface area (Å²) in [4.78, 5) is 13.4. The second-order valence-corrected chi connectivity index (χ2v) is 4.49. The molecule has 0 atom stereocenters. The third-order valence-corrected chi connectivity index (χ3v) is 2.77. The summed E-state index contributed by atoms with van der Waals surface area (Å²) >= 11 is 0. The van der Waals surface area contributed by atoms with E-state index in [2.05, 4.69) is 5.32 Å². The van der Waals surface area contributed by atoms with Crippen molar-refractivity contribution in [3.63, 3.8) is 0 Å². The van der Waals surface area contributed by atoms with Crippen molar-refractivity contribution in [1.82, 2.24) is 4.90 Å². The number of benzene rings is 1. The van der Waals surface area contributed by atoms with Crippen molar-refractivity contribution in [2.45, 2.75) is 6.54 Å². The fraction of sp³-hybridized carbons (Fsp3) is 0.214. The Morgan fingerprint density at radius 1 is 1.37 bits per heavy atom. The molecule has 100 valence electrons. The average molecular weight is 259 g/mol. The number of nitrogens with one attached hydrogen (secondary N) is 1. The van der Waals surface area contributed by atoms with Gasteiger partial charge < -0.3 is 20.4 Å². The lowest BCUT2D eigenvalue weighted by Crippen LogP contribution is -2.21. The minimum absolute atomic E-state index is 0.0497. The van der Waals surface area contributed by atoms with Crippen molar-refractivity contribution in [3.8, 4) is 0 Å². The van der Waals surface area contributed by atoms with E-state index < -0.39 is 0 Å². The van der Waals surface area contributed by atoms with Crippen LogP contribution in [0.15, 0.2) is 41.2 Å². The summed E-state index contributed by atoms with van der Waals surface area (Å²) in [6.07, 6.45) is 3.28. The highest BCUT2D eigenvalue weighted by Crippen LogP contribution is 2.21. The number of carbonyl (C=O) groups is 1. The van der Waals surface area contributed by atoms with Gasteiger partial charge in [0.05, 0.1) is 23.9 Å². The van der Waals surface area contributed by atoms with Crippen LogP contribution in [-0.4, -0.2) is 24.9 Å². The van der Waals surface area contributed by atoms with Crippen LogP contribution >= 0.6 is 0 Å². The number of hydrogen-bond acceptors (Lipinski definition) is 4. The van der Waals surface area contributed by atoms with Crippen LogP contribution in [0, 0.1) is 0 Å². The summed E-state index contributed by atoms with van der Waals surface area (Å²) in [7, 11) is 3.44. The number of carbonyl (C=O) groups excluding carboxylic acids is 1. The van der Waals surface area contributed by atoms with Crippen LogP contribution in [0.3, 0.4) is 0 Å². The molecule has 3 N–H and O–H groups in total. The molecule has 1 aromatic heterocycles. The van der Waals surface area contributed by atoms with E-state index in [0.29, 0.717) is 17.8 Å². The monoisotopic (exact) mass is 259 g/mol. The van der Waals surface area contributed by atoms with Gasteiger partial charge in [-0.25, -0.2) is 0 Å². The third kappa shape index (κ3) is 3.07. The van der Waals surface area contributed by atoms with Crippen molar-refractivity contribution in [2.24, 2.45) is 0 Å². The highest BCUT2D eigenvalue weighted by molar-refractivity contribution is 5.95. The molecule has 0 radical (unpaired) electrons. The van der Waals surface area contributed by atoms with Gasteiger partial charge in [0.2, 0.25) is 0 Å². The lowest BCUT2D eigenvalue weighted by atomic mass is 10.1. The van der Waals surface area contributed by atoms with E-state index in [4.69, 9.17) is 10.2 Å². The van der Waals surface area contributed by atoms with Crippen LogP contribution in [0.4, 0.5) is 11.4 Å². The number of hydrogen-bond donors (Lipinski definition) is 2. The Balaban J connectivity index is 2.15. The minimum Gasteiger partial charge on any atom is -0.472 e. The number of nitrogens with two attached hydrogens (primary N) is 1. The normalized spacial score (nSPS) is 10.2. The third-order valence-electron chi connectivity index (χ3n) is 2.77. The van der Waals surface area contributed by atoms with Gasteiger partial charge in [-0.05, 0) is 24.3 Å². The molecule has 1 amide bonds. The second kappa shape index (κ2) is 5.48. The fourth-order valence-corrected chi connectivity index (χ4v) is 1.69. The molecule has 0 spiro atoms. The van der Waals surface area contributed by atoms with E-state index in [9.17, 15) is 4.79 Å². The number of nitrogen functional groups attached to an aromatic ring is 1. The maximum absolute atomic E-state index is 11.9. The number of nitrogens with zero attached hydrogens (tertiary/aromatic N) is 1. The Hall–Kier alpha value is -2.43. The van der Waals surface area contributed by atoms with Crippen LogP contribution in [0.2, 0.25) is 0 Å². The quantitative estimate of drug-likeness (QED) is 0.825. The first-order valence-electron chi connectivity index (χ1n) is 5.94. The first-order chi connectivity index (χ1) is 9.08. The zero-order valence-corrected chi connectivity index (χ0v) is 11.0. The lowest BCUT2D eigenvalue weighted by Gasteiger charge is -2.13. The van der Waals surface area contributed by atoms with Crippen LogP contribution in [0.1, 0.15) is 15.9 Å². The van der Waals surface area contributed by atoms with Crippen LogP contribution < -0.4 is 11.1 Å². The van der Waals surface area contributed by atoms with Gasteiger partial charge in [0.15, 0.2) is 0 Å². The molecule has 1 aromatic carbocycles. The number of rotatable bonds is 4. The van der Waals surface area contributed by atoms with Crippen LogP contribution in [0.5, 0.6) is 0 Å². The highest BCUT2D eigenvalue weighted by Gasteiger charge is 2.10. The van der Waals surface area contributed by atoms with Gasteiger partial charge >= 0.3 is 0 Å². The van der Waals surface area contributed by atoms with Gasteiger partial charge in [-0.2, -0.15) is 0 Å². The summed E-state index contributed by atoms with van der Waals surface area (Å²) in [5, 5.41) is 3.19. The molecule has 19 heavy (non-hydrogen) atoms. The summed E-state index contributed by atoms with van der Waals surface area (Å²) in [5.74, 6) is -0.0497. The maximum Gasteiger partial charge on any atom is 0.253 e. The molecule has 0 aliphatic carbocycles. The summed E-state index contributed by atoms with van der Waals surface area (Å²) < 4.78 is 4.99. The molecule has 0 saturated carbocycles. The van der Waals surface area contributed by atoms with Gasteiger partial charge in [0, 0.05) is 31.8 Å². The molecule has 5 heteroatoms. The van der Waals surface area contributed by atoms with Gasteiger partial charge in [-0.15, -0.1) is 0 Å². The Morgan fingerprint density at radius 3 is 2.79 bits per heavy atom. The molecule has 0 unspecified atom stereocenters. The fourth-order valence-electron chi connectivity index (χ4n) is 1.69. The van der Waals surface area contributed by atoms with Crippen molar-refractivity contribution in [1.29, 1.82) is 0 Å². The summed E-state index contributed by atoms with van der Waals surface area (Å²) in [6, 6.07) is 7.09. The molecule has 0 fully saturated rings. The zero-order valence-electron chi connectivity index (χ0n) is 11.0. The maximum atomic E-state index is 11.9. The largest absolute Gasteiger partial charge is 0.472 e. The van der Waals surface area contributed by atoms with Gasteiger partial charge in [-0.1, -0.05) is 0 Å². The molecule has 1 heterocycles. The number of anilines is 2. The van der Waals surface area contributed by atoms with Crippen molar-refractivity contribution >= 4 is 17.3 Å². The zero-order chi connectivity index (χ0) is 13.8. The van der Waals surface area contributed by atoms with Crippen molar-refractivity contribution in [3.05, 3.63) is 47.9 Å². The Kier molecular flexibility index (Phi) is 3.75. The Morgan fingerprint density at radius 2 is 2.16 bits per heavy atom. The molecule has 0 saturated heterocycles. The standard InChI is InChI=1S/C14H17N3O2/c1-17(2)14(18)11-3-4-12(15)13(7-11)16-8-10-5-6-19-9-10/h3-7,9,16H,8,15H2,1-2H3. The molecule has 5 nitrogen and oxygen atoms in total. The first-order valence-corrected chi connectivity index (χ1v) is 5.94. The number of amides is 1. The van der Waals surface area contributed by atoms with Crippen LogP contribution in [-0.2, 0) is 6.54 Å². The van der Waals surface area contributed by atoms with Gasteiger partial charge in [0.25, 0.3) is 5.91 Å². The van der Waals surface area contributed by atoms with E-state index in [1.165, 1.54) is 4.90 Å². The first kappa shape index (κ1) is 13.0. The second-order valence-electron chi connectivity index (χ2n) is 4.49. The van der Waals surface area contributed by atoms with Crippen molar-refractivity contribution in [2.75, 3.05) is 25.1 Å². The molecule has 0 aliphatic rings. The van der Waals surface area contributed by atoms with E-state index >= 15 is 0 Å².